The topological polar surface area (TPSA) is 122 Å². The lowest BCUT2D eigenvalue weighted by atomic mass is 9.96. The first-order valence-corrected chi connectivity index (χ1v) is 10.8. The Morgan fingerprint density at radius 1 is 1.23 bits per heavy atom. The van der Waals surface area contributed by atoms with Crippen molar-refractivity contribution in [3.05, 3.63) is 59.7 Å². The maximum atomic E-state index is 13.7. The molecule has 0 aliphatic carbocycles. The molecule has 0 saturated carbocycles. The number of rotatable bonds is 9. The number of carboxylic acids is 1. The monoisotopic (exact) mass is 457 g/mol. The van der Waals surface area contributed by atoms with Crippen LogP contribution in [0.15, 0.2) is 47.4 Å². The zero-order valence-corrected chi connectivity index (χ0v) is 17.1. The van der Waals surface area contributed by atoms with Crippen molar-refractivity contribution in [2.75, 3.05) is 13.2 Å². The zero-order valence-electron chi connectivity index (χ0n) is 16.3. The molecule has 1 aliphatic heterocycles. The molecule has 168 valence electrons. The number of nitrogens with one attached hydrogen (secondary N) is 1. The molecule has 0 spiro atoms. The average molecular weight is 457 g/mol. The van der Waals surface area contributed by atoms with Crippen LogP contribution in [0.5, 0.6) is 5.75 Å². The number of hydrogen-bond acceptors (Lipinski definition) is 6. The Morgan fingerprint density at radius 2 is 1.94 bits per heavy atom. The number of benzene rings is 2. The third kappa shape index (κ3) is 5.37. The van der Waals surface area contributed by atoms with Gasteiger partial charge in [0.1, 0.15) is 24.0 Å². The standard InChI is InChI=1S/C20H21F2NO7S/c21-14-2-1-13(18(22)9-14)11-29-15-3-5-17(6-4-15)31(27,28)23-20(19(25)26)10-16(7-8-24)30-12-20/h1-6,9,16,23-24H,7-8,10-12H2,(H,25,26). The number of carbonyl (C=O) groups is 1. The summed E-state index contributed by atoms with van der Waals surface area (Å²) in [6.07, 6.45) is -0.504. The highest BCUT2D eigenvalue weighted by Gasteiger charge is 2.49. The van der Waals surface area contributed by atoms with Crippen LogP contribution in [0.25, 0.3) is 0 Å². The molecule has 0 radical (unpaired) electrons. The van der Waals surface area contributed by atoms with Crippen molar-refractivity contribution in [2.24, 2.45) is 0 Å². The molecule has 1 saturated heterocycles. The van der Waals surface area contributed by atoms with Gasteiger partial charge in [-0.3, -0.25) is 4.79 Å². The second kappa shape index (κ2) is 9.27. The van der Waals surface area contributed by atoms with Crippen LogP contribution in [-0.2, 0) is 26.2 Å². The van der Waals surface area contributed by atoms with Crippen LogP contribution in [0.4, 0.5) is 8.78 Å². The number of halogens is 2. The van der Waals surface area contributed by atoms with Gasteiger partial charge in [-0.25, -0.2) is 17.2 Å². The van der Waals surface area contributed by atoms with Gasteiger partial charge in [-0.05, 0) is 42.8 Å². The number of hydrogen-bond donors (Lipinski definition) is 3. The summed E-state index contributed by atoms with van der Waals surface area (Å²) in [5, 5.41) is 18.6. The van der Waals surface area contributed by atoms with E-state index in [0.29, 0.717) is 0 Å². The first-order valence-electron chi connectivity index (χ1n) is 9.32. The Hall–Kier alpha value is -2.60. The highest BCUT2D eigenvalue weighted by Crippen LogP contribution is 2.29. The van der Waals surface area contributed by atoms with Crippen LogP contribution < -0.4 is 9.46 Å². The van der Waals surface area contributed by atoms with Gasteiger partial charge in [-0.15, -0.1) is 0 Å². The molecule has 1 aliphatic rings. The van der Waals surface area contributed by atoms with Crippen molar-refractivity contribution in [1.82, 2.24) is 4.72 Å². The number of ether oxygens (including phenoxy) is 2. The van der Waals surface area contributed by atoms with E-state index < -0.39 is 39.3 Å². The van der Waals surface area contributed by atoms with E-state index in [0.717, 1.165) is 12.1 Å². The summed E-state index contributed by atoms with van der Waals surface area (Å²) in [5.74, 6) is -2.61. The molecule has 0 bridgehead atoms. The third-order valence-corrected chi connectivity index (χ3v) is 6.43. The fraction of sp³-hybridized carbons (Fsp3) is 0.350. The molecule has 11 heteroatoms. The SMILES string of the molecule is O=C(O)C1(NS(=O)(=O)c2ccc(OCc3ccc(F)cc3F)cc2)COC(CCO)C1. The van der Waals surface area contributed by atoms with E-state index in [1.807, 2.05) is 0 Å². The number of aliphatic hydroxyl groups is 1. The molecular formula is C20H21F2NO7S. The number of carboxylic acid groups (broad SMARTS) is 1. The molecule has 2 unspecified atom stereocenters. The summed E-state index contributed by atoms with van der Waals surface area (Å²) >= 11 is 0. The molecule has 2 aromatic carbocycles. The van der Waals surface area contributed by atoms with Crippen molar-refractivity contribution in [1.29, 1.82) is 0 Å². The highest BCUT2D eigenvalue weighted by atomic mass is 32.2. The van der Waals surface area contributed by atoms with Gasteiger partial charge in [0.25, 0.3) is 0 Å². The summed E-state index contributed by atoms with van der Waals surface area (Å²) in [6, 6.07) is 8.18. The number of sulfonamides is 1. The lowest BCUT2D eigenvalue weighted by Crippen LogP contribution is -2.55. The first-order chi connectivity index (χ1) is 14.6. The Labute approximate surface area is 177 Å². The maximum absolute atomic E-state index is 13.7. The van der Waals surface area contributed by atoms with Crippen molar-refractivity contribution in [3.8, 4) is 5.75 Å². The van der Waals surface area contributed by atoms with Gasteiger partial charge < -0.3 is 19.7 Å². The zero-order chi connectivity index (χ0) is 22.6. The van der Waals surface area contributed by atoms with Gasteiger partial charge in [0.2, 0.25) is 10.0 Å². The Morgan fingerprint density at radius 3 is 2.55 bits per heavy atom. The van der Waals surface area contributed by atoms with E-state index in [-0.39, 0.29) is 48.9 Å². The summed E-state index contributed by atoms with van der Waals surface area (Å²) in [7, 11) is -4.21. The highest BCUT2D eigenvalue weighted by molar-refractivity contribution is 7.89. The minimum absolute atomic E-state index is 0.118. The summed E-state index contributed by atoms with van der Waals surface area (Å²) in [6.45, 7) is -0.769. The van der Waals surface area contributed by atoms with Crippen molar-refractivity contribution >= 4 is 16.0 Å². The average Bonchev–Trinajstić information content (AvgIpc) is 3.11. The third-order valence-electron chi connectivity index (χ3n) is 4.88. The van der Waals surface area contributed by atoms with Crippen LogP contribution >= 0.6 is 0 Å². The van der Waals surface area contributed by atoms with Gasteiger partial charge in [0, 0.05) is 24.7 Å². The van der Waals surface area contributed by atoms with E-state index in [2.05, 4.69) is 4.72 Å². The molecule has 1 fully saturated rings. The molecule has 2 atom stereocenters. The second-order valence-electron chi connectivity index (χ2n) is 7.14. The van der Waals surface area contributed by atoms with Crippen LogP contribution in [0.3, 0.4) is 0 Å². The molecule has 3 N–H and O–H groups in total. The lowest BCUT2D eigenvalue weighted by Gasteiger charge is -2.24. The minimum atomic E-state index is -4.21. The Balaban J connectivity index is 1.69. The van der Waals surface area contributed by atoms with Crippen LogP contribution in [0, 0.1) is 11.6 Å². The van der Waals surface area contributed by atoms with Gasteiger partial charge in [0.05, 0.1) is 17.6 Å². The molecule has 3 rings (SSSR count). The van der Waals surface area contributed by atoms with Gasteiger partial charge >= 0.3 is 5.97 Å². The molecule has 31 heavy (non-hydrogen) atoms. The van der Waals surface area contributed by atoms with Crippen molar-refractivity contribution < 1.29 is 41.7 Å². The van der Waals surface area contributed by atoms with Crippen LogP contribution in [0.1, 0.15) is 18.4 Å². The molecule has 2 aromatic rings. The van der Waals surface area contributed by atoms with Gasteiger partial charge in [0.15, 0.2) is 5.54 Å². The largest absolute Gasteiger partial charge is 0.489 e. The molecule has 8 nitrogen and oxygen atoms in total. The fourth-order valence-corrected chi connectivity index (χ4v) is 4.55. The minimum Gasteiger partial charge on any atom is -0.489 e. The second-order valence-corrected chi connectivity index (χ2v) is 8.82. The summed E-state index contributed by atoms with van der Waals surface area (Å²) in [4.78, 5) is 11.6. The lowest BCUT2D eigenvalue weighted by molar-refractivity contribution is -0.144. The Kier molecular flexibility index (Phi) is 6.90. The fourth-order valence-electron chi connectivity index (χ4n) is 3.19. The van der Waals surface area contributed by atoms with E-state index in [1.165, 1.54) is 30.3 Å². The van der Waals surface area contributed by atoms with Crippen molar-refractivity contribution in [2.45, 2.75) is 36.0 Å². The van der Waals surface area contributed by atoms with E-state index in [1.54, 1.807) is 0 Å². The number of aliphatic carboxylic acids is 1. The van der Waals surface area contributed by atoms with E-state index in [9.17, 15) is 27.1 Å². The summed E-state index contributed by atoms with van der Waals surface area (Å²) in [5.41, 5.74) is -1.71. The van der Waals surface area contributed by atoms with Gasteiger partial charge in [-0.1, -0.05) is 0 Å². The number of aliphatic hydroxyl groups excluding tert-OH is 1. The Bertz CT molecular complexity index is 1050. The summed E-state index contributed by atoms with van der Waals surface area (Å²) < 4.78 is 65.0. The van der Waals surface area contributed by atoms with Crippen LogP contribution in [0.2, 0.25) is 0 Å². The first kappa shape index (κ1) is 23.1. The van der Waals surface area contributed by atoms with E-state index in [4.69, 9.17) is 14.6 Å². The molecule has 1 heterocycles. The molecule has 0 amide bonds. The molecule has 0 aromatic heterocycles. The molecular weight excluding hydrogens is 436 g/mol. The quantitative estimate of drug-likeness (QED) is 0.525. The smallest absolute Gasteiger partial charge is 0.327 e. The maximum Gasteiger partial charge on any atom is 0.327 e. The normalized spacial score (nSPS) is 21.2. The van der Waals surface area contributed by atoms with Crippen LogP contribution in [-0.4, -0.2) is 49.5 Å². The van der Waals surface area contributed by atoms with E-state index >= 15 is 0 Å². The van der Waals surface area contributed by atoms with Gasteiger partial charge in [-0.2, -0.15) is 4.72 Å². The predicted octanol–water partition coefficient (Wildman–Crippen LogP) is 1.82. The predicted molar refractivity (Wildman–Crippen MR) is 104 cm³/mol. The van der Waals surface area contributed by atoms with Crippen molar-refractivity contribution in [3.63, 3.8) is 0 Å².